The van der Waals surface area contributed by atoms with E-state index in [1.165, 1.54) is 5.01 Å². The first-order chi connectivity index (χ1) is 4.66. The molecule has 0 aromatic heterocycles. The van der Waals surface area contributed by atoms with Crippen molar-refractivity contribution in [3.8, 4) is 0 Å². The van der Waals surface area contributed by atoms with E-state index in [0.29, 0.717) is 0 Å². The molecular weight excluding hydrogens is 126 g/mol. The van der Waals surface area contributed by atoms with Gasteiger partial charge in [0.1, 0.15) is 0 Å². The quantitative estimate of drug-likeness (QED) is 0.343. The monoisotopic (exact) mass is 141 g/mol. The molecule has 0 atom stereocenters. The second kappa shape index (κ2) is 4.88. The summed E-state index contributed by atoms with van der Waals surface area (Å²) < 4.78 is 0. The molecule has 0 radical (unpaired) electrons. The Kier molecular flexibility index (Phi) is 4.41. The Morgan fingerprint density at radius 2 is 2.20 bits per heavy atom. The van der Waals surface area contributed by atoms with Gasteiger partial charge in [-0.05, 0) is 6.92 Å². The van der Waals surface area contributed by atoms with Gasteiger partial charge in [-0.3, -0.25) is 0 Å². The molecule has 0 saturated heterocycles. The molecule has 0 spiro atoms. The average Bonchev–Trinajstić information content (AvgIpc) is 1.82. The molecule has 0 aromatic rings. The molecule has 0 amide bonds. The van der Waals surface area contributed by atoms with Gasteiger partial charge in [0.05, 0.1) is 0 Å². The van der Waals surface area contributed by atoms with Gasteiger partial charge < -0.3 is 10.7 Å². The van der Waals surface area contributed by atoms with Crippen LogP contribution >= 0.6 is 0 Å². The number of allylic oxidation sites excluding steroid dienone is 2. The third-order valence-electron chi connectivity index (χ3n) is 0.959. The highest BCUT2D eigenvalue weighted by Crippen LogP contribution is 1.93. The molecule has 0 unspecified atom stereocenters. The number of nitrogens with zero attached hydrogens (tertiary/aromatic N) is 1. The molecule has 0 bridgehead atoms. The van der Waals surface area contributed by atoms with Crippen LogP contribution in [0.3, 0.4) is 0 Å². The van der Waals surface area contributed by atoms with Crippen molar-refractivity contribution in [2.24, 2.45) is 11.6 Å². The van der Waals surface area contributed by atoms with Gasteiger partial charge in [0.25, 0.3) is 0 Å². The van der Waals surface area contributed by atoms with Crippen molar-refractivity contribution >= 4 is 0 Å². The van der Waals surface area contributed by atoms with Gasteiger partial charge in [-0.25, -0.2) is 5.84 Å². The maximum atomic E-state index is 5.55. The first-order valence-corrected chi connectivity index (χ1v) is 3.21. The predicted molar refractivity (Wildman–Crippen MR) is 43.7 cm³/mol. The topological polar surface area (TPSA) is 55.3 Å². The van der Waals surface area contributed by atoms with Crippen LogP contribution in [0.2, 0.25) is 0 Å². The Bertz CT molecular complexity index is 136. The van der Waals surface area contributed by atoms with Crippen molar-refractivity contribution in [2.45, 2.75) is 13.3 Å². The zero-order valence-electron chi connectivity index (χ0n) is 6.54. The first-order valence-electron chi connectivity index (χ1n) is 3.21. The van der Waals surface area contributed by atoms with E-state index in [2.05, 4.69) is 0 Å². The molecule has 10 heavy (non-hydrogen) atoms. The minimum absolute atomic E-state index is 0.762. The van der Waals surface area contributed by atoms with Crippen molar-refractivity contribution in [2.75, 3.05) is 7.05 Å². The Balaban J connectivity index is 3.71. The summed E-state index contributed by atoms with van der Waals surface area (Å²) in [6, 6.07) is 0. The lowest BCUT2D eigenvalue weighted by Gasteiger charge is -2.05. The number of hydrogen-bond acceptors (Lipinski definition) is 3. The van der Waals surface area contributed by atoms with Gasteiger partial charge in [-0.2, -0.15) is 0 Å². The molecule has 4 N–H and O–H groups in total. The summed E-state index contributed by atoms with van der Waals surface area (Å²) in [5, 5.41) is 1.44. The highest BCUT2D eigenvalue weighted by Gasteiger charge is 1.85. The van der Waals surface area contributed by atoms with Crippen molar-refractivity contribution in [1.82, 2.24) is 5.01 Å². The summed E-state index contributed by atoms with van der Waals surface area (Å²) in [5.41, 5.74) is 6.32. The summed E-state index contributed by atoms with van der Waals surface area (Å²) in [5.74, 6) is 5.32. The van der Waals surface area contributed by atoms with Gasteiger partial charge in [0.15, 0.2) is 0 Å². The molecule has 0 heterocycles. The van der Waals surface area contributed by atoms with E-state index in [0.717, 1.165) is 12.1 Å². The fraction of sp³-hybridized carbons (Fsp3) is 0.429. The highest BCUT2D eigenvalue weighted by molar-refractivity contribution is 5.01. The standard InChI is InChI=1S/C7H15N3/c1-3-4-5-7(8)6-10(2)9/h3-4,6H,5,8-9H2,1-2H3/b4-3-,7-6-. The van der Waals surface area contributed by atoms with Crippen molar-refractivity contribution < 1.29 is 0 Å². The summed E-state index contributed by atoms with van der Waals surface area (Å²) in [6.07, 6.45) is 6.39. The Morgan fingerprint density at radius 3 is 2.60 bits per heavy atom. The van der Waals surface area contributed by atoms with Gasteiger partial charge in [-0.15, -0.1) is 0 Å². The fourth-order valence-electron chi connectivity index (χ4n) is 0.568. The zero-order chi connectivity index (χ0) is 7.98. The van der Waals surface area contributed by atoms with Crippen LogP contribution in [0.25, 0.3) is 0 Å². The first kappa shape index (κ1) is 9.04. The van der Waals surface area contributed by atoms with E-state index in [-0.39, 0.29) is 0 Å². The SMILES string of the molecule is C/C=C\C/C(N)=C/N(C)N. The Hall–Kier alpha value is -0.960. The van der Waals surface area contributed by atoms with Crippen LogP contribution in [0.5, 0.6) is 0 Å². The van der Waals surface area contributed by atoms with Crippen LogP contribution in [-0.4, -0.2) is 12.1 Å². The predicted octanol–water partition coefficient (Wildman–Crippen LogP) is 0.558. The second-order valence-corrected chi connectivity index (χ2v) is 2.14. The van der Waals surface area contributed by atoms with Gasteiger partial charge >= 0.3 is 0 Å². The lowest BCUT2D eigenvalue weighted by molar-refractivity contribution is 0.479. The Morgan fingerprint density at radius 1 is 1.60 bits per heavy atom. The number of nitrogens with two attached hydrogens (primary N) is 2. The van der Waals surface area contributed by atoms with Crippen LogP contribution in [-0.2, 0) is 0 Å². The van der Waals surface area contributed by atoms with Gasteiger partial charge in [0, 0.05) is 25.4 Å². The Labute approximate surface area is 62.0 Å². The molecule has 0 aromatic carbocycles. The van der Waals surface area contributed by atoms with Crippen molar-refractivity contribution in [1.29, 1.82) is 0 Å². The van der Waals surface area contributed by atoms with Gasteiger partial charge in [-0.1, -0.05) is 12.2 Å². The molecule has 0 saturated carbocycles. The minimum Gasteiger partial charge on any atom is -0.401 e. The molecule has 0 rings (SSSR count). The number of rotatable bonds is 3. The third kappa shape index (κ3) is 5.18. The summed E-state index contributed by atoms with van der Waals surface area (Å²) in [6.45, 7) is 1.96. The maximum Gasteiger partial charge on any atom is 0.0342 e. The molecule has 3 heteroatoms. The summed E-state index contributed by atoms with van der Waals surface area (Å²) >= 11 is 0. The average molecular weight is 141 g/mol. The number of hydrazine groups is 1. The van der Waals surface area contributed by atoms with Crippen LogP contribution in [0.1, 0.15) is 13.3 Å². The van der Waals surface area contributed by atoms with Crippen LogP contribution in [0.4, 0.5) is 0 Å². The van der Waals surface area contributed by atoms with Crippen molar-refractivity contribution in [3.63, 3.8) is 0 Å². The van der Waals surface area contributed by atoms with E-state index in [1.54, 1.807) is 13.2 Å². The summed E-state index contributed by atoms with van der Waals surface area (Å²) in [4.78, 5) is 0. The molecular formula is C7H15N3. The lowest BCUT2D eigenvalue weighted by atomic mass is 10.3. The van der Waals surface area contributed by atoms with Crippen LogP contribution in [0, 0.1) is 0 Å². The van der Waals surface area contributed by atoms with Crippen LogP contribution < -0.4 is 11.6 Å². The maximum absolute atomic E-state index is 5.55. The van der Waals surface area contributed by atoms with E-state index >= 15 is 0 Å². The highest BCUT2D eigenvalue weighted by atomic mass is 15.4. The summed E-state index contributed by atoms with van der Waals surface area (Å²) in [7, 11) is 1.74. The molecule has 3 nitrogen and oxygen atoms in total. The largest absolute Gasteiger partial charge is 0.401 e. The van der Waals surface area contributed by atoms with Crippen LogP contribution in [0.15, 0.2) is 24.0 Å². The van der Waals surface area contributed by atoms with E-state index < -0.39 is 0 Å². The normalized spacial score (nSPS) is 12.5. The van der Waals surface area contributed by atoms with E-state index in [1.807, 2.05) is 19.1 Å². The second-order valence-electron chi connectivity index (χ2n) is 2.14. The van der Waals surface area contributed by atoms with Gasteiger partial charge in [0.2, 0.25) is 0 Å². The van der Waals surface area contributed by atoms with Crippen molar-refractivity contribution in [3.05, 3.63) is 24.0 Å². The minimum atomic E-state index is 0.762. The molecule has 0 fully saturated rings. The smallest absolute Gasteiger partial charge is 0.0342 e. The lowest BCUT2D eigenvalue weighted by Crippen LogP contribution is -2.20. The zero-order valence-corrected chi connectivity index (χ0v) is 6.54. The molecule has 58 valence electrons. The fourth-order valence-corrected chi connectivity index (χ4v) is 0.568. The van der Waals surface area contributed by atoms with E-state index in [9.17, 15) is 0 Å². The molecule has 0 aliphatic heterocycles. The van der Waals surface area contributed by atoms with E-state index in [4.69, 9.17) is 11.6 Å². The molecule has 0 aliphatic rings. The molecule has 0 aliphatic carbocycles. The third-order valence-corrected chi connectivity index (χ3v) is 0.959. The number of hydrogen-bond donors (Lipinski definition) is 2.